The number of carbonyl (C=O) groups is 1. The summed E-state index contributed by atoms with van der Waals surface area (Å²) < 4.78 is 6.93. The van der Waals surface area contributed by atoms with Crippen LogP contribution in [0.15, 0.2) is 46.5 Å². The molecule has 26 heavy (non-hydrogen) atoms. The van der Waals surface area contributed by atoms with E-state index in [1.54, 1.807) is 12.4 Å². The van der Waals surface area contributed by atoms with Gasteiger partial charge >= 0.3 is 0 Å². The van der Waals surface area contributed by atoms with Crippen molar-refractivity contribution in [2.45, 2.75) is 32.2 Å². The Kier molecular flexibility index (Phi) is 7.72. The molecule has 1 aromatic carbocycles. The van der Waals surface area contributed by atoms with E-state index in [0.717, 1.165) is 29.6 Å². The molecule has 2 rings (SSSR count). The molecule has 0 aliphatic rings. The SMILES string of the molecule is CCOc1ccc(-n2ccnc(SCC(=O)NCCC(C)C)c2=O)cc1. The summed E-state index contributed by atoms with van der Waals surface area (Å²) in [5, 5.41) is 3.16. The molecule has 6 nitrogen and oxygen atoms in total. The Hall–Kier alpha value is -2.28. The zero-order chi connectivity index (χ0) is 18.9. The molecule has 1 N–H and O–H groups in total. The van der Waals surface area contributed by atoms with Gasteiger partial charge in [-0.25, -0.2) is 4.98 Å². The lowest BCUT2D eigenvalue weighted by Crippen LogP contribution is -2.28. The summed E-state index contributed by atoms with van der Waals surface area (Å²) >= 11 is 1.15. The minimum Gasteiger partial charge on any atom is -0.494 e. The van der Waals surface area contributed by atoms with Crippen molar-refractivity contribution in [2.75, 3.05) is 18.9 Å². The molecule has 0 unspecified atom stereocenters. The number of carbonyl (C=O) groups excluding carboxylic acids is 1. The fraction of sp³-hybridized carbons (Fsp3) is 0.421. The van der Waals surface area contributed by atoms with E-state index in [9.17, 15) is 9.59 Å². The Bertz CT molecular complexity index is 772. The first-order valence-corrected chi connectivity index (χ1v) is 9.70. The predicted octanol–water partition coefficient (Wildman–Crippen LogP) is 2.89. The first-order chi connectivity index (χ1) is 12.5. The standard InChI is InChI=1S/C19H25N3O3S/c1-4-25-16-7-5-15(6-8-16)22-12-11-21-18(19(22)24)26-13-17(23)20-10-9-14(2)3/h5-8,11-12,14H,4,9-10,13H2,1-3H3,(H,20,23). The summed E-state index contributed by atoms with van der Waals surface area (Å²) in [6, 6.07) is 7.28. The maximum Gasteiger partial charge on any atom is 0.287 e. The Balaban J connectivity index is 2.02. The fourth-order valence-electron chi connectivity index (χ4n) is 2.25. The molecule has 140 valence electrons. The first kappa shape index (κ1) is 20.0. The average molecular weight is 375 g/mol. The first-order valence-electron chi connectivity index (χ1n) is 8.71. The van der Waals surface area contributed by atoms with Gasteiger partial charge in [0.05, 0.1) is 12.4 Å². The van der Waals surface area contributed by atoms with Crippen LogP contribution in [0, 0.1) is 5.92 Å². The van der Waals surface area contributed by atoms with E-state index in [4.69, 9.17) is 4.74 Å². The van der Waals surface area contributed by atoms with Crippen molar-refractivity contribution >= 4 is 17.7 Å². The number of nitrogens with one attached hydrogen (secondary N) is 1. The summed E-state index contributed by atoms with van der Waals surface area (Å²) in [6.07, 6.45) is 4.12. The van der Waals surface area contributed by atoms with Crippen molar-refractivity contribution in [1.29, 1.82) is 0 Å². The third-order valence-corrected chi connectivity index (χ3v) is 4.58. The van der Waals surface area contributed by atoms with Gasteiger partial charge in [-0.05, 0) is 43.5 Å². The lowest BCUT2D eigenvalue weighted by atomic mass is 10.1. The van der Waals surface area contributed by atoms with Crippen LogP contribution in [-0.4, -0.2) is 34.4 Å². The molecule has 1 amide bonds. The molecule has 0 atom stereocenters. The highest BCUT2D eigenvalue weighted by molar-refractivity contribution is 7.99. The zero-order valence-electron chi connectivity index (χ0n) is 15.4. The topological polar surface area (TPSA) is 73.2 Å². The van der Waals surface area contributed by atoms with Crippen LogP contribution in [0.2, 0.25) is 0 Å². The monoisotopic (exact) mass is 375 g/mol. The summed E-state index contributed by atoms with van der Waals surface area (Å²) in [5.74, 6) is 1.38. The Morgan fingerprint density at radius 3 is 2.69 bits per heavy atom. The normalized spacial score (nSPS) is 10.8. The minimum absolute atomic E-state index is 0.0895. The van der Waals surface area contributed by atoms with E-state index >= 15 is 0 Å². The van der Waals surface area contributed by atoms with E-state index < -0.39 is 0 Å². The summed E-state index contributed by atoms with van der Waals surface area (Å²) in [4.78, 5) is 28.6. The smallest absolute Gasteiger partial charge is 0.287 e. The number of amides is 1. The third-order valence-electron chi connectivity index (χ3n) is 3.62. The van der Waals surface area contributed by atoms with Crippen LogP contribution in [0.3, 0.4) is 0 Å². The van der Waals surface area contributed by atoms with E-state index in [0.29, 0.717) is 24.1 Å². The van der Waals surface area contributed by atoms with Crippen molar-refractivity contribution in [3.63, 3.8) is 0 Å². The van der Waals surface area contributed by atoms with Crippen LogP contribution in [0.5, 0.6) is 5.75 Å². The molecular weight excluding hydrogens is 350 g/mol. The van der Waals surface area contributed by atoms with Gasteiger partial charge in [-0.15, -0.1) is 0 Å². The molecule has 0 saturated heterocycles. The lowest BCUT2D eigenvalue weighted by molar-refractivity contribution is -0.118. The Morgan fingerprint density at radius 1 is 1.31 bits per heavy atom. The van der Waals surface area contributed by atoms with Gasteiger partial charge in [0, 0.05) is 24.6 Å². The van der Waals surface area contributed by atoms with Gasteiger partial charge in [-0.2, -0.15) is 0 Å². The number of thioether (sulfide) groups is 1. The Morgan fingerprint density at radius 2 is 2.04 bits per heavy atom. The molecule has 0 radical (unpaired) electrons. The summed E-state index contributed by atoms with van der Waals surface area (Å²) in [5.41, 5.74) is 0.487. The molecule has 0 aliphatic heterocycles. The van der Waals surface area contributed by atoms with Crippen LogP contribution in [0.1, 0.15) is 27.2 Å². The molecule has 0 spiro atoms. The van der Waals surface area contributed by atoms with Gasteiger partial charge in [0.2, 0.25) is 5.91 Å². The van der Waals surface area contributed by atoms with Crippen molar-refractivity contribution < 1.29 is 9.53 Å². The van der Waals surface area contributed by atoms with E-state index in [1.165, 1.54) is 4.57 Å². The van der Waals surface area contributed by atoms with Crippen LogP contribution in [0.25, 0.3) is 5.69 Å². The number of aromatic nitrogens is 2. The second-order valence-corrected chi connectivity index (χ2v) is 7.12. The number of rotatable bonds is 9. The second-order valence-electron chi connectivity index (χ2n) is 6.16. The zero-order valence-corrected chi connectivity index (χ0v) is 16.2. The van der Waals surface area contributed by atoms with E-state index in [-0.39, 0.29) is 17.2 Å². The molecule has 0 bridgehead atoms. The minimum atomic E-state index is -0.239. The average Bonchev–Trinajstić information content (AvgIpc) is 2.62. The van der Waals surface area contributed by atoms with Crippen LogP contribution in [0.4, 0.5) is 0 Å². The highest BCUT2D eigenvalue weighted by Gasteiger charge is 2.10. The largest absolute Gasteiger partial charge is 0.494 e. The third kappa shape index (κ3) is 5.91. The summed E-state index contributed by atoms with van der Waals surface area (Å²) in [6.45, 7) is 7.38. The molecule has 2 aromatic rings. The molecule has 1 aromatic heterocycles. The van der Waals surface area contributed by atoms with Gasteiger partial charge in [-0.1, -0.05) is 25.6 Å². The van der Waals surface area contributed by atoms with Gasteiger partial charge in [-0.3, -0.25) is 14.2 Å². The van der Waals surface area contributed by atoms with Crippen molar-refractivity contribution in [1.82, 2.24) is 14.9 Å². The van der Waals surface area contributed by atoms with Gasteiger partial charge in [0.1, 0.15) is 5.75 Å². The van der Waals surface area contributed by atoms with Crippen molar-refractivity contribution in [3.8, 4) is 11.4 Å². The van der Waals surface area contributed by atoms with Crippen LogP contribution < -0.4 is 15.6 Å². The predicted molar refractivity (Wildman–Crippen MR) is 104 cm³/mol. The van der Waals surface area contributed by atoms with Gasteiger partial charge in [0.25, 0.3) is 5.56 Å². The highest BCUT2D eigenvalue weighted by atomic mass is 32.2. The molecule has 7 heteroatoms. The Labute approximate surface area is 158 Å². The maximum atomic E-state index is 12.6. The number of benzene rings is 1. The van der Waals surface area contributed by atoms with E-state index in [1.807, 2.05) is 31.2 Å². The molecule has 0 saturated carbocycles. The maximum absolute atomic E-state index is 12.6. The van der Waals surface area contributed by atoms with Crippen molar-refractivity contribution in [3.05, 3.63) is 47.0 Å². The van der Waals surface area contributed by atoms with Crippen LogP contribution in [-0.2, 0) is 4.79 Å². The fourth-order valence-corrected chi connectivity index (χ4v) is 2.98. The highest BCUT2D eigenvalue weighted by Crippen LogP contribution is 2.15. The molecule has 1 heterocycles. The molecular formula is C19H25N3O3S. The van der Waals surface area contributed by atoms with E-state index in [2.05, 4.69) is 24.1 Å². The quantitative estimate of drug-likeness (QED) is 0.682. The number of nitrogens with zero attached hydrogens (tertiary/aromatic N) is 2. The number of ether oxygens (including phenoxy) is 1. The van der Waals surface area contributed by atoms with Gasteiger partial charge in [0.15, 0.2) is 5.03 Å². The number of hydrogen-bond acceptors (Lipinski definition) is 5. The van der Waals surface area contributed by atoms with Crippen molar-refractivity contribution in [2.24, 2.45) is 5.92 Å². The molecule has 0 aliphatic carbocycles. The van der Waals surface area contributed by atoms with Crippen LogP contribution >= 0.6 is 11.8 Å². The molecule has 0 fully saturated rings. The lowest BCUT2D eigenvalue weighted by Gasteiger charge is -2.09. The number of hydrogen-bond donors (Lipinski definition) is 1. The summed E-state index contributed by atoms with van der Waals surface area (Å²) in [7, 11) is 0. The van der Waals surface area contributed by atoms with Gasteiger partial charge < -0.3 is 10.1 Å². The second kappa shape index (κ2) is 10.0.